The van der Waals surface area contributed by atoms with E-state index in [1.807, 2.05) is 48.5 Å². The molecule has 2 rings (SSSR count). The molecule has 2 nitrogen and oxygen atoms in total. The first-order valence-electron chi connectivity index (χ1n) is 7.06. The van der Waals surface area contributed by atoms with Crippen LogP contribution in [0.3, 0.4) is 0 Å². The Morgan fingerprint density at radius 1 is 0.850 bits per heavy atom. The van der Waals surface area contributed by atoms with Crippen LogP contribution in [-0.4, -0.2) is 19.0 Å². The maximum absolute atomic E-state index is 11.8. The van der Waals surface area contributed by atoms with Crippen molar-refractivity contribution in [1.82, 2.24) is 0 Å². The Kier molecular flexibility index (Phi) is 6.00. The molecule has 0 fully saturated rings. The first-order chi connectivity index (χ1) is 9.86. The van der Waals surface area contributed by atoms with Gasteiger partial charge in [-0.3, -0.25) is 4.79 Å². The predicted octanol–water partition coefficient (Wildman–Crippen LogP) is 3.91. The van der Waals surface area contributed by atoms with E-state index in [2.05, 4.69) is 12.1 Å². The molecule has 0 aliphatic heterocycles. The number of Topliss-reactive ketones (excluding diaryl/α,β-unsaturated/α-hetero) is 1. The summed E-state index contributed by atoms with van der Waals surface area (Å²) < 4.78 is 5.57. The van der Waals surface area contributed by atoms with Gasteiger partial charge in [0.2, 0.25) is 0 Å². The quantitative estimate of drug-likeness (QED) is 0.536. The van der Waals surface area contributed by atoms with Crippen LogP contribution in [0.25, 0.3) is 0 Å². The summed E-state index contributed by atoms with van der Waals surface area (Å²) in [7, 11) is 0. The largest absolute Gasteiger partial charge is 0.381 e. The maximum Gasteiger partial charge on any atom is 0.162 e. The van der Waals surface area contributed by atoms with Gasteiger partial charge in [0.15, 0.2) is 5.78 Å². The molecule has 0 spiro atoms. The Balaban J connectivity index is 1.57. The van der Waals surface area contributed by atoms with Gasteiger partial charge < -0.3 is 4.74 Å². The number of ketones is 1. The first-order valence-corrected chi connectivity index (χ1v) is 7.06. The Morgan fingerprint density at radius 3 is 2.20 bits per heavy atom. The van der Waals surface area contributed by atoms with Crippen LogP contribution in [0.4, 0.5) is 0 Å². The van der Waals surface area contributed by atoms with Crippen LogP contribution in [0.1, 0.15) is 28.8 Å². The minimum atomic E-state index is 0.192. The highest BCUT2D eigenvalue weighted by atomic mass is 16.5. The zero-order chi connectivity index (χ0) is 14.0. The fourth-order valence-electron chi connectivity index (χ4n) is 2.04. The highest BCUT2D eigenvalue weighted by molar-refractivity contribution is 5.95. The lowest BCUT2D eigenvalue weighted by molar-refractivity contribution is 0.0940. The highest BCUT2D eigenvalue weighted by Gasteiger charge is 2.04. The normalized spacial score (nSPS) is 10.4. The fourth-order valence-corrected chi connectivity index (χ4v) is 2.04. The highest BCUT2D eigenvalue weighted by Crippen LogP contribution is 2.05. The number of hydrogen-bond donors (Lipinski definition) is 0. The summed E-state index contributed by atoms with van der Waals surface area (Å²) in [5.41, 5.74) is 2.07. The van der Waals surface area contributed by atoms with Gasteiger partial charge in [-0.25, -0.2) is 0 Å². The van der Waals surface area contributed by atoms with Gasteiger partial charge in [-0.05, 0) is 18.4 Å². The van der Waals surface area contributed by atoms with Gasteiger partial charge in [0.1, 0.15) is 0 Å². The molecule has 0 amide bonds. The summed E-state index contributed by atoms with van der Waals surface area (Å²) in [6.07, 6.45) is 2.26. The number of carbonyl (C=O) groups is 1. The Labute approximate surface area is 120 Å². The molecule has 2 aromatic rings. The molecule has 104 valence electrons. The van der Waals surface area contributed by atoms with Crippen molar-refractivity contribution in [2.45, 2.75) is 19.3 Å². The third kappa shape index (κ3) is 4.98. The molecule has 0 aliphatic carbocycles. The van der Waals surface area contributed by atoms with Crippen LogP contribution >= 0.6 is 0 Å². The molecule has 0 radical (unpaired) electrons. The summed E-state index contributed by atoms with van der Waals surface area (Å²) in [5.74, 6) is 0.192. The van der Waals surface area contributed by atoms with E-state index in [0.717, 1.165) is 18.4 Å². The van der Waals surface area contributed by atoms with Gasteiger partial charge >= 0.3 is 0 Å². The van der Waals surface area contributed by atoms with E-state index in [0.29, 0.717) is 19.6 Å². The van der Waals surface area contributed by atoms with Crippen LogP contribution in [-0.2, 0) is 11.2 Å². The van der Waals surface area contributed by atoms with E-state index in [1.54, 1.807) is 0 Å². The fraction of sp³-hybridized carbons (Fsp3) is 0.278. The molecular formula is C18H20O2. The monoisotopic (exact) mass is 268 g/mol. The van der Waals surface area contributed by atoms with Crippen LogP contribution in [0.5, 0.6) is 0 Å². The van der Waals surface area contributed by atoms with E-state index < -0.39 is 0 Å². The molecule has 0 heterocycles. The molecule has 0 aromatic heterocycles. The smallest absolute Gasteiger partial charge is 0.162 e. The van der Waals surface area contributed by atoms with Crippen molar-refractivity contribution in [3.05, 3.63) is 71.8 Å². The van der Waals surface area contributed by atoms with Crippen molar-refractivity contribution >= 4 is 5.78 Å². The zero-order valence-electron chi connectivity index (χ0n) is 11.6. The zero-order valence-corrected chi connectivity index (χ0v) is 11.6. The van der Waals surface area contributed by atoms with E-state index >= 15 is 0 Å². The van der Waals surface area contributed by atoms with Crippen molar-refractivity contribution in [3.63, 3.8) is 0 Å². The van der Waals surface area contributed by atoms with Gasteiger partial charge in [0.25, 0.3) is 0 Å². The molecule has 0 saturated carbocycles. The molecule has 0 unspecified atom stereocenters. The second-order valence-electron chi connectivity index (χ2n) is 4.74. The van der Waals surface area contributed by atoms with E-state index in [9.17, 15) is 4.79 Å². The van der Waals surface area contributed by atoms with Crippen LogP contribution in [0.2, 0.25) is 0 Å². The van der Waals surface area contributed by atoms with Gasteiger partial charge in [-0.2, -0.15) is 0 Å². The maximum atomic E-state index is 11.8. The van der Waals surface area contributed by atoms with Gasteiger partial charge in [0.05, 0.1) is 6.61 Å². The van der Waals surface area contributed by atoms with Crippen molar-refractivity contribution in [2.24, 2.45) is 0 Å². The Bertz CT molecular complexity index is 505. The van der Waals surface area contributed by atoms with Crippen LogP contribution < -0.4 is 0 Å². The van der Waals surface area contributed by atoms with Crippen molar-refractivity contribution in [1.29, 1.82) is 0 Å². The van der Waals surface area contributed by atoms with Crippen molar-refractivity contribution < 1.29 is 9.53 Å². The first kappa shape index (κ1) is 14.5. The molecule has 2 heteroatoms. The predicted molar refractivity (Wildman–Crippen MR) is 81.0 cm³/mol. The number of rotatable bonds is 8. The average molecular weight is 268 g/mol. The number of ether oxygens (including phenoxy) is 1. The Hall–Kier alpha value is -1.93. The topological polar surface area (TPSA) is 26.3 Å². The second kappa shape index (κ2) is 8.28. The number of benzene rings is 2. The van der Waals surface area contributed by atoms with Crippen molar-refractivity contribution in [3.8, 4) is 0 Å². The lowest BCUT2D eigenvalue weighted by atomic mass is 10.1. The minimum absolute atomic E-state index is 0.192. The van der Waals surface area contributed by atoms with E-state index in [-0.39, 0.29) is 5.78 Å². The molecule has 0 saturated heterocycles. The molecule has 0 bridgehead atoms. The number of carbonyl (C=O) groups excluding carboxylic acids is 1. The van der Waals surface area contributed by atoms with E-state index in [4.69, 9.17) is 4.74 Å². The summed E-state index contributed by atoms with van der Waals surface area (Å²) in [5, 5.41) is 0. The van der Waals surface area contributed by atoms with Crippen LogP contribution in [0.15, 0.2) is 60.7 Å². The average Bonchev–Trinajstić information content (AvgIpc) is 2.52. The summed E-state index contributed by atoms with van der Waals surface area (Å²) >= 11 is 0. The van der Waals surface area contributed by atoms with Gasteiger partial charge in [-0.15, -0.1) is 0 Å². The van der Waals surface area contributed by atoms with E-state index in [1.165, 1.54) is 5.56 Å². The SMILES string of the molecule is O=C(CCCOCCc1ccccc1)c1ccccc1. The molecular weight excluding hydrogens is 248 g/mol. The van der Waals surface area contributed by atoms with Crippen LogP contribution in [0, 0.1) is 0 Å². The minimum Gasteiger partial charge on any atom is -0.381 e. The van der Waals surface area contributed by atoms with Crippen molar-refractivity contribution in [2.75, 3.05) is 13.2 Å². The summed E-state index contributed by atoms with van der Waals surface area (Å²) in [4.78, 5) is 11.8. The lowest BCUT2D eigenvalue weighted by Gasteiger charge is -2.04. The molecule has 2 aromatic carbocycles. The lowest BCUT2D eigenvalue weighted by Crippen LogP contribution is -2.04. The third-order valence-corrected chi connectivity index (χ3v) is 3.17. The molecule has 0 aliphatic rings. The second-order valence-corrected chi connectivity index (χ2v) is 4.74. The standard InChI is InChI=1S/C18H20O2/c19-18(17-10-5-2-6-11-17)12-7-14-20-15-13-16-8-3-1-4-9-16/h1-6,8-11H,7,12-15H2. The molecule has 0 N–H and O–H groups in total. The summed E-state index contributed by atoms with van der Waals surface area (Å²) in [6, 6.07) is 19.7. The van der Waals surface area contributed by atoms with Gasteiger partial charge in [0, 0.05) is 18.6 Å². The third-order valence-electron chi connectivity index (χ3n) is 3.17. The molecule has 0 atom stereocenters. The molecule has 20 heavy (non-hydrogen) atoms. The number of hydrogen-bond acceptors (Lipinski definition) is 2. The van der Waals surface area contributed by atoms with Gasteiger partial charge in [-0.1, -0.05) is 60.7 Å². The Morgan fingerprint density at radius 2 is 1.50 bits per heavy atom. The summed E-state index contributed by atoms with van der Waals surface area (Å²) in [6.45, 7) is 1.36.